The van der Waals surface area contributed by atoms with Crippen molar-refractivity contribution >= 4 is 28.5 Å². The normalized spacial score (nSPS) is 10.8. The maximum absolute atomic E-state index is 5.86. The molecule has 0 aromatic carbocycles. The SMILES string of the molecule is Cn1c(Cl)cc2ncnc(N)c21. The molecule has 0 saturated carbocycles. The van der Waals surface area contributed by atoms with Gasteiger partial charge in [0, 0.05) is 13.1 Å². The quantitative estimate of drug-likeness (QED) is 0.666. The molecule has 0 saturated heterocycles. The third-order valence-corrected chi connectivity index (χ3v) is 2.15. The predicted octanol–water partition coefficient (Wildman–Crippen LogP) is 1.20. The molecule has 0 aliphatic heterocycles. The van der Waals surface area contributed by atoms with Crippen LogP contribution in [0.25, 0.3) is 11.0 Å². The van der Waals surface area contributed by atoms with Gasteiger partial charge >= 0.3 is 0 Å². The second-order valence-corrected chi connectivity index (χ2v) is 2.91. The zero-order chi connectivity index (χ0) is 8.72. The van der Waals surface area contributed by atoms with Crippen LogP contribution >= 0.6 is 11.6 Å². The van der Waals surface area contributed by atoms with Gasteiger partial charge in [0.25, 0.3) is 0 Å². The number of hydrogen-bond acceptors (Lipinski definition) is 3. The van der Waals surface area contributed by atoms with E-state index in [9.17, 15) is 0 Å². The lowest BCUT2D eigenvalue weighted by Gasteiger charge is -1.98. The Kier molecular flexibility index (Phi) is 1.44. The van der Waals surface area contributed by atoms with Gasteiger partial charge in [0.1, 0.15) is 17.0 Å². The molecule has 0 amide bonds. The number of aryl methyl sites for hydroxylation is 1. The lowest BCUT2D eigenvalue weighted by molar-refractivity contribution is 0.965. The first-order valence-electron chi connectivity index (χ1n) is 3.41. The van der Waals surface area contributed by atoms with Gasteiger partial charge in [-0.15, -0.1) is 0 Å². The van der Waals surface area contributed by atoms with E-state index in [1.807, 2.05) is 7.05 Å². The van der Waals surface area contributed by atoms with Gasteiger partial charge in [-0.25, -0.2) is 9.97 Å². The van der Waals surface area contributed by atoms with Crippen molar-refractivity contribution in [2.24, 2.45) is 7.05 Å². The number of halogens is 1. The minimum absolute atomic E-state index is 0.453. The summed E-state index contributed by atoms with van der Waals surface area (Å²) < 4.78 is 1.76. The summed E-state index contributed by atoms with van der Waals surface area (Å²) in [4.78, 5) is 7.90. The number of nitrogen functional groups attached to an aromatic ring is 1. The van der Waals surface area contributed by atoms with Gasteiger partial charge < -0.3 is 10.3 Å². The van der Waals surface area contributed by atoms with Crippen molar-refractivity contribution in [2.45, 2.75) is 0 Å². The molecule has 0 atom stereocenters. The molecule has 2 aromatic rings. The van der Waals surface area contributed by atoms with Crippen LogP contribution in [-0.4, -0.2) is 14.5 Å². The summed E-state index contributed by atoms with van der Waals surface area (Å²) in [6.45, 7) is 0. The molecule has 0 spiro atoms. The van der Waals surface area contributed by atoms with E-state index in [0.717, 1.165) is 11.0 Å². The fraction of sp³-hybridized carbons (Fsp3) is 0.143. The van der Waals surface area contributed by atoms with E-state index in [1.54, 1.807) is 10.6 Å². The van der Waals surface area contributed by atoms with Gasteiger partial charge in [-0.1, -0.05) is 11.6 Å². The number of nitrogens with two attached hydrogens (primary N) is 1. The van der Waals surface area contributed by atoms with E-state index < -0.39 is 0 Å². The second-order valence-electron chi connectivity index (χ2n) is 2.52. The fourth-order valence-electron chi connectivity index (χ4n) is 1.17. The van der Waals surface area contributed by atoms with Crippen molar-refractivity contribution in [3.05, 3.63) is 17.5 Å². The first-order valence-corrected chi connectivity index (χ1v) is 3.79. The molecule has 2 rings (SSSR count). The summed E-state index contributed by atoms with van der Waals surface area (Å²) in [7, 11) is 1.82. The molecule has 0 aliphatic carbocycles. The van der Waals surface area contributed by atoms with E-state index in [-0.39, 0.29) is 0 Å². The van der Waals surface area contributed by atoms with Crippen LogP contribution in [0.4, 0.5) is 5.82 Å². The molecule has 4 nitrogen and oxygen atoms in total. The molecule has 62 valence electrons. The van der Waals surface area contributed by atoms with E-state index >= 15 is 0 Å². The Labute approximate surface area is 74.0 Å². The van der Waals surface area contributed by atoms with E-state index in [2.05, 4.69) is 9.97 Å². The maximum Gasteiger partial charge on any atom is 0.151 e. The van der Waals surface area contributed by atoms with Crippen LogP contribution in [0.5, 0.6) is 0 Å². The second kappa shape index (κ2) is 2.35. The summed E-state index contributed by atoms with van der Waals surface area (Å²) in [5.74, 6) is 0.453. The van der Waals surface area contributed by atoms with Crippen molar-refractivity contribution in [3.63, 3.8) is 0 Å². The zero-order valence-corrected chi connectivity index (χ0v) is 7.21. The molecule has 0 aliphatic rings. The molecule has 5 heteroatoms. The molecular formula is C7H7ClN4. The average Bonchev–Trinajstić information content (AvgIpc) is 2.29. The Hall–Kier alpha value is -1.29. The summed E-state index contributed by atoms with van der Waals surface area (Å²) in [6.07, 6.45) is 1.42. The molecule has 12 heavy (non-hydrogen) atoms. The highest BCUT2D eigenvalue weighted by Gasteiger charge is 2.07. The van der Waals surface area contributed by atoms with E-state index in [1.165, 1.54) is 6.33 Å². The topological polar surface area (TPSA) is 56.7 Å². The number of aromatic nitrogens is 3. The van der Waals surface area contributed by atoms with Gasteiger partial charge in [-0.3, -0.25) is 0 Å². The van der Waals surface area contributed by atoms with Crippen LogP contribution in [-0.2, 0) is 7.05 Å². The van der Waals surface area contributed by atoms with E-state index in [4.69, 9.17) is 17.3 Å². The Morgan fingerprint density at radius 2 is 2.25 bits per heavy atom. The first-order chi connectivity index (χ1) is 5.70. The monoisotopic (exact) mass is 182 g/mol. The smallest absolute Gasteiger partial charge is 0.151 e. The molecule has 0 bridgehead atoms. The lowest BCUT2D eigenvalue weighted by atomic mass is 10.4. The summed E-state index contributed by atoms with van der Waals surface area (Å²) >= 11 is 5.86. The van der Waals surface area contributed by atoms with Crippen LogP contribution < -0.4 is 5.73 Å². The largest absolute Gasteiger partial charge is 0.382 e. The highest BCUT2D eigenvalue weighted by Crippen LogP contribution is 2.22. The van der Waals surface area contributed by atoms with E-state index in [0.29, 0.717) is 11.0 Å². The lowest BCUT2D eigenvalue weighted by Crippen LogP contribution is -1.96. The Bertz CT molecular complexity index is 434. The molecule has 2 N–H and O–H groups in total. The van der Waals surface area contributed by atoms with Gasteiger partial charge in [-0.05, 0) is 0 Å². The predicted molar refractivity (Wildman–Crippen MR) is 47.9 cm³/mol. The molecule has 0 fully saturated rings. The number of anilines is 1. The Balaban J connectivity index is 2.97. The molecule has 0 unspecified atom stereocenters. The van der Waals surface area contributed by atoms with Gasteiger partial charge in [0.2, 0.25) is 0 Å². The number of nitrogens with zero attached hydrogens (tertiary/aromatic N) is 3. The first kappa shape index (κ1) is 7.36. The van der Waals surface area contributed by atoms with Crippen molar-refractivity contribution in [1.82, 2.24) is 14.5 Å². The Morgan fingerprint density at radius 3 is 2.92 bits per heavy atom. The highest BCUT2D eigenvalue weighted by molar-refractivity contribution is 6.31. The van der Waals surface area contributed by atoms with Crippen molar-refractivity contribution in [2.75, 3.05) is 5.73 Å². The average molecular weight is 183 g/mol. The molecule has 2 heterocycles. The molecular weight excluding hydrogens is 176 g/mol. The molecule has 2 aromatic heterocycles. The number of fused-ring (bicyclic) bond motifs is 1. The zero-order valence-electron chi connectivity index (χ0n) is 6.45. The molecule has 0 radical (unpaired) electrons. The van der Waals surface area contributed by atoms with Crippen LogP contribution in [0.3, 0.4) is 0 Å². The van der Waals surface area contributed by atoms with Crippen LogP contribution in [0.15, 0.2) is 12.4 Å². The fourth-order valence-corrected chi connectivity index (χ4v) is 1.36. The number of rotatable bonds is 0. The summed E-state index contributed by atoms with van der Waals surface area (Å²) in [5, 5.41) is 0.609. The highest BCUT2D eigenvalue weighted by atomic mass is 35.5. The third kappa shape index (κ3) is 0.848. The van der Waals surface area contributed by atoms with Gasteiger partial charge in [0.15, 0.2) is 5.82 Å². The summed E-state index contributed by atoms with van der Waals surface area (Å²) in [5.41, 5.74) is 7.19. The summed E-state index contributed by atoms with van der Waals surface area (Å²) in [6, 6.07) is 1.76. The maximum atomic E-state index is 5.86. The van der Waals surface area contributed by atoms with Gasteiger partial charge in [-0.2, -0.15) is 0 Å². The van der Waals surface area contributed by atoms with Crippen molar-refractivity contribution in [1.29, 1.82) is 0 Å². The van der Waals surface area contributed by atoms with Crippen LogP contribution in [0.1, 0.15) is 0 Å². The van der Waals surface area contributed by atoms with Crippen LogP contribution in [0.2, 0.25) is 5.15 Å². The minimum Gasteiger partial charge on any atom is -0.382 e. The van der Waals surface area contributed by atoms with Crippen LogP contribution in [0, 0.1) is 0 Å². The standard InChI is InChI=1S/C7H7ClN4/c1-12-5(8)2-4-6(12)7(9)11-3-10-4/h2-3H,1H3,(H2,9,10,11). The number of hydrogen-bond donors (Lipinski definition) is 1. The Morgan fingerprint density at radius 1 is 1.50 bits per heavy atom. The third-order valence-electron chi connectivity index (χ3n) is 1.79. The van der Waals surface area contributed by atoms with Crippen molar-refractivity contribution in [3.8, 4) is 0 Å². The van der Waals surface area contributed by atoms with Gasteiger partial charge in [0.05, 0.1) is 5.52 Å². The van der Waals surface area contributed by atoms with Crippen molar-refractivity contribution < 1.29 is 0 Å². The minimum atomic E-state index is 0.453.